The van der Waals surface area contributed by atoms with Gasteiger partial charge in [-0.2, -0.15) is 4.20 Å². The molecule has 0 saturated carbocycles. The van der Waals surface area contributed by atoms with Gasteiger partial charge in [-0.15, -0.1) is 0 Å². The standard InChI is InChI=1S/C9H20FO2P/c1-6-13(10,11)12-9(7(2)3)8(4)5/h7-9H,6H2,1-5H3. The van der Waals surface area contributed by atoms with Crippen molar-refractivity contribution in [1.82, 2.24) is 0 Å². The number of hydrogen-bond donors (Lipinski definition) is 0. The van der Waals surface area contributed by atoms with Crippen molar-refractivity contribution in [1.29, 1.82) is 0 Å². The van der Waals surface area contributed by atoms with E-state index in [2.05, 4.69) is 0 Å². The van der Waals surface area contributed by atoms with Gasteiger partial charge >= 0.3 is 7.68 Å². The SMILES string of the molecule is CCP(=O)(F)OC(C(C)C)C(C)C. The van der Waals surface area contributed by atoms with Crippen LogP contribution in [0.15, 0.2) is 0 Å². The Morgan fingerprint density at radius 1 is 1.23 bits per heavy atom. The smallest absolute Gasteiger partial charge is 0.302 e. The summed E-state index contributed by atoms with van der Waals surface area (Å²) in [5, 5.41) is 0. The van der Waals surface area contributed by atoms with Crippen LogP contribution >= 0.6 is 7.68 Å². The molecular formula is C9H20FO2P. The minimum atomic E-state index is -3.84. The van der Waals surface area contributed by atoms with Crippen LogP contribution in [-0.4, -0.2) is 12.3 Å². The van der Waals surface area contributed by atoms with Crippen molar-refractivity contribution < 1.29 is 13.3 Å². The summed E-state index contributed by atoms with van der Waals surface area (Å²) in [6, 6.07) is 0. The van der Waals surface area contributed by atoms with Crippen LogP contribution in [0.1, 0.15) is 34.6 Å². The van der Waals surface area contributed by atoms with Gasteiger partial charge in [-0.3, -0.25) is 4.57 Å². The zero-order valence-corrected chi connectivity index (χ0v) is 9.98. The molecule has 0 saturated heterocycles. The second kappa shape index (κ2) is 5.11. The second-order valence-electron chi connectivity index (χ2n) is 3.96. The molecule has 0 spiro atoms. The van der Waals surface area contributed by atoms with E-state index < -0.39 is 7.68 Å². The van der Waals surface area contributed by atoms with Gasteiger partial charge in [0.05, 0.1) is 12.3 Å². The maximum Gasteiger partial charge on any atom is 0.367 e. The van der Waals surface area contributed by atoms with Crippen molar-refractivity contribution in [3.8, 4) is 0 Å². The largest absolute Gasteiger partial charge is 0.367 e. The van der Waals surface area contributed by atoms with Crippen LogP contribution in [0, 0.1) is 11.8 Å². The Morgan fingerprint density at radius 2 is 1.62 bits per heavy atom. The molecule has 0 aliphatic carbocycles. The summed E-state index contributed by atoms with van der Waals surface area (Å²) in [7, 11) is -3.84. The van der Waals surface area contributed by atoms with E-state index in [1.165, 1.54) is 0 Å². The highest BCUT2D eigenvalue weighted by atomic mass is 31.2. The first kappa shape index (κ1) is 13.1. The van der Waals surface area contributed by atoms with Crippen molar-refractivity contribution in [3.63, 3.8) is 0 Å². The summed E-state index contributed by atoms with van der Waals surface area (Å²) in [6.07, 6.45) is -0.293. The van der Waals surface area contributed by atoms with Gasteiger partial charge in [0.2, 0.25) is 0 Å². The van der Waals surface area contributed by atoms with E-state index >= 15 is 0 Å². The predicted molar refractivity (Wildman–Crippen MR) is 53.8 cm³/mol. The Balaban J connectivity index is 4.35. The lowest BCUT2D eigenvalue weighted by atomic mass is 9.97. The van der Waals surface area contributed by atoms with E-state index in [1.54, 1.807) is 6.92 Å². The first-order valence-corrected chi connectivity index (χ1v) is 6.47. The lowest BCUT2D eigenvalue weighted by molar-refractivity contribution is 0.0987. The molecule has 0 aromatic carbocycles. The van der Waals surface area contributed by atoms with Crippen molar-refractivity contribution >= 4 is 7.68 Å². The molecule has 13 heavy (non-hydrogen) atoms. The average molecular weight is 210 g/mol. The molecule has 0 N–H and O–H groups in total. The molecule has 1 unspecified atom stereocenters. The van der Waals surface area contributed by atoms with Crippen LogP contribution in [-0.2, 0) is 9.09 Å². The Labute approximate surface area is 80.4 Å². The summed E-state index contributed by atoms with van der Waals surface area (Å²) in [5.74, 6) is 0.381. The van der Waals surface area contributed by atoms with Gasteiger partial charge in [0.25, 0.3) is 0 Å². The fraction of sp³-hybridized carbons (Fsp3) is 1.00. The van der Waals surface area contributed by atoms with E-state index in [0.717, 1.165) is 0 Å². The fourth-order valence-electron chi connectivity index (χ4n) is 1.27. The molecule has 0 aliphatic rings. The van der Waals surface area contributed by atoms with Crippen molar-refractivity contribution in [2.24, 2.45) is 11.8 Å². The van der Waals surface area contributed by atoms with Crippen LogP contribution in [0.4, 0.5) is 4.20 Å². The van der Waals surface area contributed by atoms with Crippen LogP contribution in [0.25, 0.3) is 0 Å². The molecule has 2 nitrogen and oxygen atoms in total. The molecule has 0 aromatic heterocycles. The Morgan fingerprint density at radius 3 is 1.85 bits per heavy atom. The first-order chi connectivity index (χ1) is 5.80. The van der Waals surface area contributed by atoms with Gasteiger partial charge in [-0.05, 0) is 11.8 Å². The van der Waals surface area contributed by atoms with Crippen LogP contribution < -0.4 is 0 Å². The summed E-state index contributed by atoms with van der Waals surface area (Å²) in [5.41, 5.74) is 0. The molecule has 0 radical (unpaired) electrons. The molecular weight excluding hydrogens is 190 g/mol. The molecule has 0 rings (SSSR count). The van der Waals surface area contributed by atoms with Gasteiger partial charge in [-0.25, -0.2) is 0 Å². The zero-order valence-electron chi connectivity index (χ0n) is 9.08. The van der Waals surface area contributed by atoms with Crippen LogP contribution in [0.5, 0.6) is 0 Å². The van der Waals surface area contributed by atoms with Gasteiger partial charge in [-0.1, -0.05) is 34.6 Å². The third-order valence-corrected chi connectivity index (χ3v) is 3.28. The lowest BCUT2D eigenvalue weighted by Crippen LogP contribution is -2.24. The van der Waals surface area contributed by atoms with Crippen molar-refractivity contribution in [2.45, 2.75) is 40.7 Å². The zero-order chi connectivity index (χ0) is 10.6. The molecule has 0 aliphatic heterocycles. The molecule has 4 heteroatoms. The van der Waals surface area contributed by atoms with E-state index in [-0.39, 0.29) is 24.1 Å². The highest BCUT2D eigenvalue weighted by Gasteiger charge is 2.28. The summed E-state index contributed by atoms with van der Waals surface area (Å²) >= 11 is 0. The van der Waals surface area contributed by atoms with E-state index in [9.17, 15) is 8.76 Å². The molecule has 0 heterocycles. The lowest BCUT2D eigenvalue weighted by Gasteiger charge is -2.26. The molecule has 0 aromatic rings. The third kappa shape index (κ3) is 4.78. The Kier molecular flexibility index (Phi) is 5.16. The molecule has 1 atom stereocenters. The molecule has 0 amide bonds. The third-order valence-electron chi connectivity index (χ3n) is 1.97. The maximum absolute atomic E-state index is 13.1. The number of halogens is 1. The Bertz CT molecular complexity index is 184. The van der Waals surface area contributed by atoms with E-state index in [1.807, 2.05) is 27.7 Å². The normalized spacial score (nSPS) is 17.0. The molecule has 80 valence electrons. The quantitative estimate of drug-likeness (QED) is 0.644. The van der Waals surface area contributed by atoms with E-state index in [0.29, 0.717) is 0 Å². The highest BCUT2D eigenvalue weighted by Crippen LogP contribution is 2.50. The average Bonchev–Trinajstić information content (AvgIpc) is 1.99. The van der Waals surface area contributed by atoms with Gasteiger partial charge < -0.3 is 4.52 Å². The van der Waals surface area contributed by atoms with E-state index in [4.69, 9.17) is 4.52 Å². The Hall–Kier alpha value is 0.120. The minimum Gasteiger partial charge on any atom is -0.302 e. The molecule has 0 fully saturated rings. The van der Waals surface area contributed by atoms with Crippen molar-refractivity contribution in [2.75, 3.05) is 6.16 Å². The van der Waals surface area contributed by atoms with Gasteiger partial charge in [0.15, 0.2) is 0 Å². The van der Waals surface area contributed by atoms with Crippen molar-refractivity contribution in [3.05, 3.63) is 0 Å². The molecule has 0 bridgehead atoms. The van der Waals surface area contributed by atoms with Gasteiger partial charge in [0, 0.05) is 0 Å². The summed E-state index contributed by atoms with van der Waals surface area (Å²) in [4.78, 5) is 0. The monoisotopic (exact) mass is 210 g/mol. The highest BCUT2D eigenvalue weighted by molar-refractivity contribution is 7.53. The topological polar surface area (TPSA) is 26.3 Å². The predicted octanol–water partition coefficient (Wildman–Crippen LogP) is 3.87. The minimum absolute atomic E-state index is 0.0388. The second-order valence-corrected chi connectivity index (χ2v) is 5.99. The summed E-state index contributed by atoms with van der Waals surface area (Å²) < 4.78 is 29.2. The van der Waals surface area contributed by atoms with Crippen LogP contribution in [0.3, 0.4) is 0 Å². The first-order valence-electron chi connectivity index (χ1n) is 4.77. The summed E-state index contributed by atoms with van der Waals surface area (Å²) in [6.45, 7) is 9.32. The fourth-order valence-corrected chi connectivity index (χ4v) is 2.27. The number of rotatable bonds is 5. The maximum atomic E-state index is 13.1. The van der Waals surface area contributed by atoms with Crippen LogP contribution in [0.2, 0.25) is 0 Å². The van der Waals surface area contributed by atoms with Gasteiger partial charge in [0.1, 0.15) is 0 Å². The number of hydrogen-bond acceptors (Lipinski definition) is 2.